The van der Waals surface area contributed by atoms with E-state index < -0.39 is 0 Å². The topological polar surface area (TPSA) is 78.4 Å². The molecular formula is C13H18N2O3. The number of nitrogens with one attached hydrogen (secondary N) is 2. The number of carbonyl (C=O) groups is 2. The number of benzene rings is 1. The van der Waals surface area contributed by atoms with Crippen molar-refractivity contribution in [2.45, 2.75) is 19.4 Å². The molecule has 0 aromatic heterocycles. The minimum Gasteiger partial charge on any atom is -0.394 e. The first kappa shape index (κ1) is 14.2. The first-order chi connectivity index (χ1) is 8.61. The van der Waals surface area contributed by atoms with E-state index in [1.54, 1.807) is 6.92 Å². The van der Waals surface area contributed by atoms with Gasteiger partial charge < -0.3 is 15.7 Å². The lowest BCUT2D eigenvalue weighted by Gasteiger charge is -2.11. The van der Waals surface area contributed by atoms with Crippen molar-refractivity contribution in [3.8, 4) is 0 Å². The fourth-order valence-electron chi connectivity index (χ4n) is 1.39. The van der Waals surface area contributed by atoms with Crippen molar-refractivity contribution in [1.29, 1.82) is 0 Å². The lowest BCUT2D eigenvalue weighted by molar-refractivity contribution is -0.126. The monoisotopic (exact) mass is 250 g/mol. The highest BCUT2D eigenvalue weighted by Crippen LogP contribution is 1.98. The maximum Gasteiger partial charge on any atom is 0.239 e. The maximum atomic E-state index is 11.5. The van der Waals surface area contributed by atoms with Crippen LogP contribution >= 0.6 is 0 Å². The van der Waals surface area contributed by atoms with E-state index in [0.717, 1.165) is 5.56 Å². The quantitative estimate of drug-likeness (QED) is 0.656. The van der Waals surface area contributed by atoms with Gasteiger partial charge in [0.1, 0.15) is 0 Å². The van der Waals surface area contributed by atoms with Crippen molar-refractivity contribution in [3.63, 3.8) is 0 Å². The molecule has 0 aliphatic carbocycles. The SMILES string of the molecule is CC(CO)NC(=O)CNC(=O)Cc1ccccc1. The molecule has 0 heterocycles. The minimum atomic E-state index is -0.307. The van der Waals surface area contributed by atoms with Crippen LogP contribution in [0.25, 0.3) is 0 Å². The molecular weight excluding hydrogens is 232 g/mol. The number of aliphatic hydroxyl groups excluding tert-OH is 1. The zero-order valence-corrected chi connectivity index (χ0v) is 10.3. The summed E-state index contributed by atoms with van der Waals surface area (Å²) in [6.45, 7) is 1.49. The van der Waals surface area contributed by atoms with Crippen LogP contribution in [-0.2, 0) is 16.0 Å². The molecule has 5 nitrogen and oxygen atoms in total. The number of amides is 2. The Kier molecular flexibility index (Phi) is 5.87. The Morgan fingerprint density at radius 1 is 1.22 bits per heavy atom. The van der Waals surface area contributed by atoms with Gasteiger partial charge in [0.2, 0.25) is 11.8 Å². The maximum absolute atomic E-state index is 11.5. The van der Waals surface area contributed by atoms with Gasteiger partial charge >= 0.3 is 0 Å². The molecule has 0 saturated carbocycles. The first-order valence-electron chi connectivity index (χ1n) is 5.82. The Labute approximate surface area is 106 Å². The summed E-state index contributed by atoms with van der Waals surface area (Å²) in [5.41, 5.74) is 0.902. The fraction of sp³-hybridized carbons (Fsp3) is 0.385. The number of aliphatic hydroxyl groups is 1. The molecule has 1 unspecified atom stereocenters. The Morgan fingerprint density at radius 3 is 2.50 bits per heavy atom. The third-order valence-corrected chi connectivity index (χ3v) is 2.33. The normalized spacial score (nSPS) is 11.7. The van der Waals surface area contributed by atoms with Crippen molar-refractivity contribution in [1.82, 2.24) is 10.6 Å². The predicted molar refractivity (Wildman–Crippen MR) is 67.8 cm³/mol. The van der Waals surface area contributed by atoms with Crippen molar-refractivity contribution in [2.75, 3.05) is 13.2 Å². The molecule has 1 rings (SSSR count). The molecule has 18 heavy (non-hydrogen) atoms. The highest BCUT2D eigenvalue weighted by Gasteiger charge is 2.08. The van der Waals surface area contributed by atoms with Crippen LogP contribution in [0.2, 0.25) is 0 Å². The second-order valence-electron chi connectivity index (χ2n) is 4.09. The van der Waals surface area contributed by atoms with Crippen LogP contribution in [0, 0.1) is 0 Å². The van der Waals surface area contributed by atoms with Crippen LogP contribution in [0.4, 0.5) is 0 Å². The zero-order valence-electron chi connectivity index (χ0n) is 10.3. The summed E-state index contributed by atoms with van der Waals surface area (Å²) in [5.74, 6) is -0.508. The molecule has 5 heteroatoms. The number of carbonyl (C=O) groups excluding carboxylic acids is 2. The molecule has 1 aromatic carbocycles. The molecule has 1 aromatic rings. The van der Waals surface area contributed by atoms with Gasteiger partial charge in [0.25, 0.3) is 0 Å². The average Bonchev–Trinajstić information content (AvgIpc) is 2.37. The molecule has 0 aliphatic heterocycles. The van der Waals surface area contributed by atoms with Gasteiger partial charge in [-0.1, -0.05) is 30.3 Å². The van der Waals surface area contributed by atoms with Crippen LogP contribution in [0.3, 0.4) is 0 Å². The fourth-order valence-corrected chi connectivity index (χ4v) is 1.39. The van der Waals surface area contributed by atoms with E-state index in [0.29, 0.717) is 0 Å². The molecule has 1 atom stereocenters. The van der Waals surface area contributed by atoms with Crippen LogP contribution < -0.4 is 10.6 Å². The first-order valence-corrected chi connectivity index (χ1v) is 5.82. The van der Waals surface area contributed by atoms with E-state index in [4.69, 9.17) is 5.11 Å². The van der Waals surface area contributed by atoms with Gasteiger partial charge in [-0.2, -0.15) is 0 Å². The number of rotatable bonds is 6. The Hall–Kier alpha value is -1.88. The summed E-state index contributed by atoms with van der Waals surface area (Å²) in [6, 6.07) is 9.01. The summed E-state index contributed by atoms with van der Waals surface area (Å²) in [7, 11) is 0. The van der Waals surface area contributed by atoms with Gasteiger partial charge in [-0.3, -0.25) is 9.59 Å². The van der Waals surface area contributed by atoms with E-state index in [1.165, 1.54) is 0 Å². The average molecular weight is 250 g/mol. The van der Waals surface area contributed by atoms with E-state index in [1.807, 2.05) is 30.3 Å². The van der Waals surface area contributed by atoms with Crippen molar-refractivity contribution in [2.24, 2.45) is 0 Å². The molecule has 0 radical (unpaired) electrons. The lowest BCUT2D eigenvalue weighted by Crippen LogP contribution is -2.42. The van der Waals surface area contributed by atoms with E-state index in [2.05, 4.69) is 10.6 Å². The Bertz CT molecular complexity index is 392. The third kappa shape index (κ3) is 5.45. The molecule has 0 saturated heterocycles. The largest absolute Gasteiger partial charge is 0.394 e. The Morgan fingerprint density at radius 2 is 1.89 bits per heavy atom. The molecule has 0 spiro atoms. The molecule has 98 valence electrons. The predicted octanol–water partition coefficient (Wildman–Crippen LogP) is -0.158. The van der Waals surface area contributed by atoms with Crippen LogP contribution in [0.5, 0.6) is 0 Å². The van der Waals surface area contributed by atoms with Gasteiger partial charge in [0.05, 0.1) is 19.6 Å². The number of hydrogen-bond donors (Lipinski definition) is 3. The molecule has 0 bridgehead atoms. The summed E-state index contributed by atoms with van der Waals surface area (Å²) in [6.07, 6.45) is 0.254. The minimum absolute atomic E-state index is 0.0734. The van der Waals surface area contributed by atoms with Gasteiger partial charge in [-0.15, -0.1) is 0 Å². The third-order valence-electron chi connectivity index (χ3n) is 2.33. The number of hydrogen-bond acceptors (Lipinski definition) is 3. The summed E-state index contributed by atoms with van der Waals surface area (Å²) >= 11 is 0. The second kappa shape index (κ2) is 7.45. The summed E-state index contributed by atoms with van der Waals surface area (Å²) in [4.78, 5) is 22.9. The van der Waals surface area contributed by atoms with Gasteiger partial charge in [0, 0.05) is 6.04 Å². The highest BCUT2D eigenvalue weighted by molar-refractivity contribution is 5.85. The lowest BCUT2D eigenvalue weighted by atomic mass is 10.1. The van der Waals surface area contributed by atoms with Crippen molar-refractivity contribution in [3.05, 3.63) is 35.9 Å². The van der Waals surface area contributed by atoms with Crippen LogP contribution in [0.1, 0.15) is 12.5 Å². The van der Waals surface area contributed by atoms with E-state index in [9.17, 15) is 9.59 Å². The smallest absolute Gasteiger partial charge is 0.239 e. The molecule has 0 fully saturated rings. The van der Waals surface area contributed by atoms with E-state index in [-0.39, 0.29) is 37.4 Å². The molecule has 0 aliphatic rings. The van der Waals surface area contributed by atoms with Crippen LogP contribution in [-0.4, -0.2) is 36.1 Å². The van der Waals surface area contributed by atoms with Gasteiger partial charge in [-0.25, -0.2) is 0 Å². The Balaban J connectivity index is 2.27. The second-order valence-corrected chi connectivity index (χ2v) is 4.09. The standard InChI is InChI=1S/C13H18N2O3/c1-10(9-16)15-13(18)8-14-12(17)7-11-5-3-2-4-6-11/h2-6,10,16H,7-9H2,1H3,(H,14,17)(H,15,18). The van der Waals surface area contributed by atoms with Crippen LogP contribution in [0.15, 0.2) is 30.3 Å². The summed E-state index contributed by atoms with van der Waals surface area (Å²) in [5, 5.41) is 13.8. The van der Waals surface area contributed by atoms with Gasteiger partial charge in [0.15, 0.2) is 0 Å². The molecule has 2 amide bonds. The molecule has 3 N–H and O–H groups in total. The van der Waals surface area contributed by atoms with Crippen molar-refractivity contribution < 1.29 is 14.7 Å². The highest BCUT2D eigenvalue weighted by atomic mass is 16.3. The van der Waals surface area contributed by atoms with Crippen molar-refractivity contribution >= 4 is 11.8 Å². The van der Waals surface area contributed by atoms with E-state index >= 15 is 0 Å². The zero-order chi connectivity index (χ0) is 13.4. The van der Waals surface area contributed by atoms with Gasteiger partial charge in [-0.05, 0) is 12.5 Å². The summed E-state index contributed by atoms with van der Waals surface area (Å²) < 4.78 is 0.